The minimum atomic E-state index is 0.325. The minimum Gasteiger partial charge on any atom is -0.497 e. The summed E-state index contributed by atoms with van der Waals surface area (Å²) in [6.07, 6.45) is 2.25. The summed E-state index contributed by atoms with van der Waals surface area (Å²) in [4.78, 5) is 0. The van der Waals surface area contributed by atoms with Crippen LogP contribution in [0.3, 0.4) is 0 Å². The molecule has 2 unspecified atom stereocenters. The highest BCUT2D eigenvalue weighted by Crippen LogP contribution is 2.19. The van der Waals surface area contributed by atoms with E-state index in [1.54, 1.807) is 7.11 Å². The van der Waals surface area contributed by atoms with Crippen molar-refractivity contribution in [1.82, 2.24) is 5.32 Å². The van der Waals surface area contributed by atoms with Crippen LogP contribution < -0.4 is 10.1 Å². The molecule has 0 heterocycles. The van der Waals surface area contributed by atoms with Crippen LogP contribution in [0.25, 0.3) is 0 Å². The van der Waals surface area contributed by atoms with Crippen LogP contribution in [0.4, 0.5) is 0 Å². The van der Waals surface area contributed by atoms with Crippen LogP contribution in [-0.4, -0.2) is 13.2 Å². The lowest BCUT2D eigenvalue weighted by molar-refractivity contribution is 0.411. The first-order valence-corrected chi connectivity index (χ1v) is 7.63. The van der Waals surface area contributed by atoms with E-state index in [2.05, 4.69) is 61.6 Å². The molecule has 0 aliphatic heterocycles. The third-order valence-electron chi connectivity index (χ3n) is 3.84. The molecule has 2 rings (SSSR count). The van der Waals surface area contributed by atoms with Crippen molar-refractivity contribution >= 4 is 0 Å². The fourth-order valence-electron chi connectivity index (χ4n) is 2.55. The highest BCUT2D eigenvalue weighted by atomic mass is 16.5. The number of hydrogen-bond acceptors (Lipinski definition) is 2. The molecule has 2 aromatic carbocycles. The Kier molecular flexibility index (Phi) is 5.82. The maximum absolute atomic E-state index is 5.29. The van der Waals surface area contributed by atoms with Gasteiger partial charge in [0.1, 0.15) is 5.75 Å². The Bertz CT molecular complexity index is 538. The Hall–Kier alpha value is -1.80. The molecule has 21 heavy (non-hydrogen) atoms. The number of ether oxygens (including phenoxy) is 1. The lowest BCUT2D eigenvalue weighted by Gasteiger charge is -2.21. The van der Waals surface area contributed by atoms with Crippen LogP contribution in [0.2, 0.25) is 0 Å². The number of aryl methyl sites for hydroxylation is 1. The van der Waals surface area contributed by atoms with Crippen molar-refractivity contribution in [1.29, 1.82) is 0 Å². The first kappa shape index (κ1) is 15.6. The molecule has 0 aliphatic rings. The van der Waals surface area contributed by atoms with Gasteiger partial charge in [-0.05, 0) is 49.9 Å². The van der Waals surface area contributed by atoms with E-state index in [0.717, 1.165) is 18.6 Å². The molecule has 1 N–H and O–H groups in total. The van der Waals surface area contributed by atoms with Gasteiger partial charge in [-0.25, -0.2) is 0 Å². The molecular formula is C19H25NO. The van der Waals surface area contributed by atoms with E-state index < -0.39 is 0 Å². The Morgan fingerprint density at radius 3 is 2.48 bits per heavy atom. The SMILES string of the molecule is COc1cccc(C(C)NC(C)CCc2ccccc2)c1. The zero-order valence-electron chi connectivity index (χ0n) is 13.2. The van der Waals surface area contributed by atoms with Crippen molar-refractivity contribution in [3.63, 3.8) is 0 Å². The van der Waals surface area contributed by atoms with Gasteiger partial charge in [-0.1, -0.05) is 42.5 Å². The molecule has 2 atom stereocenters. The number of methoxy groups -OCH3 is 1. The molecule has 0 spiro atoms. The molecule has 0 saturated heterocycles. The van der Waals surface area contributed by atoms with E-state index in [1.165, 1.54) is 11.1 Å². The standard InChI is InChI=1S/C19H25NO/c1-15(12-13-17-8-5-4-6-9-17)20-16(2)18-10-7-11-19(14-18)21-3/h4-11,14-16,20H,12-13H2,1-3H3. The molecule has 0 fully saturated rings. The molecule has 0 aliphatic carbocycles. The predicted molar refractivity (Wildman–Crippen MR) is 88.8 cm³/mol. The highest BCUT2D eigenvalue weighted by Gasteiger charge is 2.10. The molecule has 0 radical (unpaired) electrons. The monoisotopic (exact) mass is 283 g/mol. The van der Waals surface area contributed by atoms with Crippen molar-refractivity contribution < 1.29 is 4.74 Å². The van der Waals surface area contributed by atoms with Gasteiger partial charge < -0.3 is 10.1 Å². The van der Waals surface area contributed by atoms with Crippen molar-refractivity contribution in [3.8, 4) is 5.75 Å². The third kappa shape index (κ3) is 4.91. The summed E-state index contributed by atoms with van der Waals surface area (Å²) in [5.41, 5.74) is 2.67. The molecule has 112 valence electrons. The number of nitrogens with one attached hydrogen (secondary N) is 1. The van der Waals surface area contributed by atoms with Gasteiger partial charge in [-0.15, -0.1) is 0 Å². The van der Waals surface area contributed by atoms with E-state index in [4.69, 9.17) is 4.74 Å². The van der Waals surface area contributed by atoms with Crippen molar-refractivity contribution in [2.24, 2.45) is 0 Å². The van der Waals surface area contributed by atoms with E-state index in [1.807, 2.05) is 12.1 Å². The van der Waals surface area contributed by atoms with E-state index >= 15 is 0 Å². The van der Waals surface area contributed by atoms with Crippen LogP contribution in [0.5, 0.6) is 5.75 Å². The smallest absolute Gasteiger partial charge is 0.119 e. The summed E-state index contributed by atoms with van der Waals surface area (Å²) in [5, 5.41) is 3.66. The van der Waals surface area contributed by atoms with Gasteiger partial charge in [0.05, 0.1) is 7.11 Å². The van der Waals surface area contributed by atoms with Gasteiger partial charge >= 0.3 is 0 Å². The Morgan fingerprint density at radius 2 is 1.76 bits per heavy atom. The van der Waals surface area contributed by atoms with Crippen LogP contribution in [0.15, 0.2) is 54.6 Å². The highest BCUT2D eigenvalue weighted by molar-refractivity contribution is 5.30. The quantitative estimate of drug-likeness (QED) is 0.815. The molecule has 0 amide bonds. The maximum Gasteiger partial charge on any atom is 0.119 e. The fourth-order valence-corrected chi connectivity index (χ4v) is 2.55. The van der Waals surface area contributed by atoms with E-state index in [0.29, 0.717) is 12.1 Å². The first-order chi connectivity index (χ1) is 10.2. The van der Waals surface area contributed by atoms with E-state index in [9.17, 15) is 0 Å². The second-order valence-corrected chi connectivity index (χ2v) is 5.59. The summed E-state index contributed by atoms with van der Waals surface area (Å²) in [6.45, 7) is 4.45. The molecule has 0 aromatic heterocycles. The van der Waals surface area contributed by atoms with E-state index in [-0.39, 0.29) is 0 Å². The van der Waals surface area contributed by atoms with Crippen LogP contribution in [0, 0.1) is 0 Å². The minimum absolute atomic E-state index is 0.325. The topological polar surface area (TPSA) is 21.3 Å². The van der Waals surface area contributed by atoms with Crippen molar-refractivity contribution in [2.75, 3.05) is 7.11 Å². The lowest BCUT2D eigenvalue weighted by Crippen LogP contribution is -2.29. The Morgan fingerprint density at radius 1 is 1.00 bits per heavy atom. The number of benzene rings is 2. The second kappa shape index (κ2) is 7.84. The van der Waals surface area contributed by atoms with Gasteiger partial charge in [0.15, 0.2) is 0 Å². The largest absolute Gasteiger partial charge is 0.497 e. The first-order valence-electron chi connectivity index (χ1n) is 7.63. The van der Waals surface area contributed by atoms with Gasteiger partial charge in [-0.2, -0.15) is 0 Å². The van der Waals surface area contributed by atoms with Gasteiger partial charge in [-0.3, -0.25) is 0 Å². The lowest BCUT2D eigenvalue weighted by atomic mass is 10.0. The van der Waals surface area contributed by atoms with Gasteiger partial charge in [0.2, 0.25) is 0 Å². The zero-order chi connectivity index (χ0) is 15.1. The van der Waals surface area contributed by atoms with Gasteiger partial charge in [0, 0.05) is 12.1 Å². The summed E-state index contributed by atoms with van der Waals surface area (Å²) >= 11 is 0. The summed E-state index contributed by atoms with van der Waals surface area (Å²) in [6, 6.07) is 19.7. The van der Waals surface area contributed by atoms with Crippen molar-refractivity contribution in [3.05, 3.63) is 65.7 Å². The maximum atomic E-state index is 5.29. The fraction of sp³-hybridized carbons (Fsp3) is 0.368. The Balaban J connectivity index is 1.85. The normalized spacial score (nSPS) is 13.7. The predicted octanol–water partition coefficient (Wildman–Crippen LogP) is 4.37. The van der Waals surface area contributed by atoms with Crippen LogP contribution in [0.1, 0.15) is 37.4 Å². The summed E-state index contributed by atoms with van der Waals surface area (Å²) in [5.74, 6) is 0.915. The third-order valence-corrected chi connectivity index (χ3v) is 3.84. The van der Waals surface area contributed by atoms with Crippen LogP contribution in [-0.2, 0) is 6.42 Å². The number of hydrogen-bond donors (Lipinski definition) is 1. The molecule has 0 saturated carbocycles. The molecule has 2 nitrogen and oxygen atoms in total. The molecular weight excluding hydrogens is 258 g/mol. The van der Waals surface area contributed by atoms with Crippen molar-refractivity contribution in [2.45, 2.75) is 38.8 Å². The zero-order valence-corrected chi connectivity index (χ0v) is 13.2. The molecule has 2 heteroatoms. The summed E-state index contributed by atoms with van der Waals surface area (Å²) < 4.78 is 5.29. The van der Waals surface area contributed by atoms with Crippen LogP contribution >= 0.6 is 0 Å². The average molecular weight is 283 g/mol. The second-order valence-electron chi connectivity index (χ2n) is 5.59. The summed E-state index contributed by atoms with van der Waals surface area (Å²) in [7, 11) is 1.71. The Labute approximate surface area is 128 Å². The average Bonchev–Trinajstić information content (AvgIpc) is 2.54. The molecule has 2 aromatic rings. The molecule has 0 bridgehead atoms. The van der Waals surface area contributed by atoms with Gasteiger partial charge in [0.25, 0.3) is 0 Å². The number of rotatable bonds is 7.